The van der Waals surface area contributed by atoms with E-state index in [4.69, 9.17) is 4.74 Å². The summed E-state index contributed by atoms with van der Waals surface area (Å²) in [5.41, 5.74) is 0.658. The number of amides is 1. The Morgan fingerprint density at radius 2 is 2.10 bits per heavy atom. The van der Waals surface area contributed by atoms with Gasteiger partial charge in [0.15, 0.2) is 0 Å². The fraction of sp³-hybridized carbons (Fsp3) is 0.600. The molecule has 1 aromatic rings. The summed E-state index contributed by atoms with van der Waals surface area (Å²) in [6.07, 6.45) is 6.62. The van der Waals surface area contributed by atoms with Gasteiger partial charge in [0, 0.05) is 32.9 Å². The molecule has 110 valence electrons. The lowest BCUT2D eigenvalue weighted by molar-refractivity contribution is 0.0937. The third kappa shape index (κ3) is 3.93. The largest absolute Gasteiger partial charge is 0.383 e. The highest BCUT2D eigenvalue weighted by Crippen LogP contribution is 2.21. The molecule has 1 fully saturated rings. The van der Waals surface area contributed by atoms with Crippen LogP contribution in [0.5, 0.6) is 0 Å². The van der Waals surface area contributed by atoms with E-state index < -0.39 is 0 Å². The van der Waals surface area contributed by atoms with Crippen molar-refractivity contribution in [3.8, 4) is 0 Å². The molecule has 1 aromatic heterocycles. The molecule has 1 aliphatic heterocycles. The number of carbonyl (C=O) groups excluding carboxylic acids is 1. The van der Waals surface area contributed by atoms with Gasteiger partial charge in [-0.1, -0.05) is 12.8 Å². The lowest BCUT2D eigenvalue weighted by Gasteiger charge is -2.23. The van der Waals surface area contributed by atoms with Gasteiger partial charge in [0.05, 0.1) is 12.2 Å². The van der Waals surface area contributed by atoms with Gasteiger partial charge in [-0.15, -0.1) is 0 Å². The van der Waals surface area contributed by atoms with Gasteiger partial charge >= 0.3 is 0 Å². The van der Waals surface area contributed by atoms with Crippen LogP contribution in [0.1, 0.15) is 36.0 Å². The molecule has 0 unspecified atom stereocenters. The van der Waals surface area contributed by atoms with Crippen LogP contribution in [0.25, 0.3) is 0 Å². The van der Waals surface area contributed by atoms with Crippen molar-refractivity contribution >= 4 is 11.7 Å². The summed E-state index contributed by atoms with van der Waals surface area (Å²) >= 11 is 0. The highest BCUT2D eigenvalue weighted by molar-refractivity contribution is 5.98. The molecule has 5 nitrogen and oxygen atoms in total. The molecule has 5 heteroatoms. The maximum absolute atomic E-state index is 12.2. The van der Waals surface area contributed by atoms with E-state index in [0.717, 1.165) is 18.9 Å². The molecule has 1 aliphatic rings. The van der Waals surface area contributed by atoms with Crippen molar-refractivity contribution < 1.29 is 9.53 Å². The molecule has 0 aliphatic carbocycles. The second kappa shape index (κ2) is 7.85. The maximum atomic E-state index is 12.2. The van der Waals surface area contributed by atoms with Crippen LogP contribution in [-0.4, -0.2) is 44.2 Å². The Bertz CT molecular complexity index is 429. The van der Waals surface area contributed by atoms with Gasteiger partial charge in [-0.25, -0.2) is 4.98 Å². The molecule has 1 saturated heterocycles. The molecule has 0 atom stereocenters. The van der Waals surface area contributed by atoms with Gasteiger partial charge in [0.25, 0.3) is 5.91 Å². The van der Waals surface area contributed by atoms with E-state index in [1.165, 1.54) is 25.7 Å². The minimum atomic E-state index is -0.0746. The summed E-state index contributed by atoms with van der Waals surface area (Å²) in [5.74, 6) is 0.735. The molecule has 0 bridgehead atoms. The van der Waals surface area contributed by atoms with E-state index in [-0.39, 0.29) is 5.91 Å². The first-order valence-electron chi connectivity index (χ1n) is 7.30. The fourth-order valence-corrected chi connectivity index (χ4v) is 2.47. The Hall–Kier alpha value is -1.62. The first-order valence-corrected chi connectivity index (χ1v) is 7.30. The number of methoxy groups -OCH3 is 1. The molecule has 0 aromatic carbocycles. The second-order valence-corrected chi connectivity index (χ2v) is 5.02. The number of ether oxygens (including phenoxy) is 1. The Kier molecular flexibility index (Phi) is 5.80. The fourth-order valence-electron chi connectivity index (χ4n) is 2.47. The minimum absolute atomic E-state index is 0.0746. The van der Waals surface area contributed by atoms with Crippen LogP contribution in [-0.2, 0) is 4.74 Å². The van der Waals surface area contributed by atoms with E-state index in [9.17, 15) is 4.79 Å². The van der Waals surface area contributed by atoms with Crippen LogP contribution in [0.4, 0.5) is 5.82 Å². The van der Waals surface area contributed by atoms with Crippen LogP contribution < -0.4 is 10.2 Å². The predicted molar refractivity (Wildman–Crippen MR) is 79.1 cm³/mol. The Morgan fingerprint density at radius 1 is 1.35 bits per heavy atom. The van der Waals surface area contributed by atoms with Crippen LogP contribution in [0.2, 0.25) is 0 Å². The first-order chi connectivity index (χ1) is 9.83. The van der Waals surface area contributed by atoms with Gasteiger partial charge in [0.2, 0.25) is 0 Å². The lowest BCUT2D eigenvalue weighted by atomic mass is 10.2. The highest BCUT2D eigenvalue weighted by atomic mass is 16.5. The molecule has 20 heavy (non-hydrogen) atoms. The van der Waals surface area contributed by atoms with Crippen LogP contribution in [0.15, 0.2) is 18.3 Å². The number of aromatic nitrogens is 1. The number of hydrogen-bond acceptors (Lipinski definition) is 4. The lowest BCUT2D eigenvalue weighted by Crippen LogP contribution is -2.31. The van der Waals surface area contributed by atoms with Crippen molar-refractivity contribution in [3.63, 3.8) is 0 Å². The molecule has 0 spiro atoms. The number of pyridine rings is 1. The van der Waals surface area contributed by atoms with Gasteiger partial charge in [-0.2, -0.15) is 0 Å². The van der Waals surface area contributed by atoms with Crippen molar-refractivity contribution in [1.29, 1.82) is 0 Å². The van der Waals surface area contributed by atoms with Gasteiger partial charge in [0.1, 0.15) is 5.82 Å². The SMILES string of the molecule is COCCNC(=O)c1cccnc1N1CCCCCC1. The molecule has 1 N–H and O–H groups in total. The summed E-state index contributed by atoms with van der Waals surface area (Å²) < 4.78 is 4.95. The number of hydrogen-bond donors (Lipinski definition) is 1. The van der Waals surface area contributed by atoms with E-state index in [0.29, 0.717) is 18.7 Å². The zero-order valence-electron chi connectivity index (χ0n) is 12.1. The molecule has 0 saturated carbocycles. The topological polar surface area (TPSA) is 54.5 Å². The summed E-state index contributed by atoms with van der Waals surface area (Å²) in [6, 6.07) is 3.65. The van der Waals surface area contributed by atoms with Crippen molar-refractivity contribution in [2.75, 3.05) is 38.3 Å². The van der Waals surface area contributed by atoms with E-state index in [2.05, 4.69) is 15.2 Å². The summed E-state index contributed by atoms with van der Waals surface area (Å²) in [5, 5.41) is 2.86. The number of anilines is 1. The van der Waals surface area contributed by atoms with Gasteiger partial charge < -0.3 is 15.0 Å². The molecular formula is C15H23N3O2. The van der Waals surface area contributed by atoms with Crippen LogP contribution >= 0.6 is 0 Å². The zero-order valence-corrected chi connectivity index (χ0v) is 12.1. The Labute approximate surface area is 120 Å². The third-order valence-electron chi connectivity index (χ3n) is 3.53. The molecule has 2 heterocycles. The summed E-state index contributed by atoms with van der Waals surface area (Å²) in [6.45, 7) is 3.00. The van der Waals surface area contributed by atoms with Crippen LogP contribution in [0.3, 0.4) is 0 Å². The minimum Gasteiger partial charge on any atom is -0.383 e. The smallest absolute Gasteiger partial charge is 0.255 e. The van der Waals surface area contributed by atoms with Crippen molar-refractivity contribution in [3.05, 3.63) is 23.9 Å². The standard InChI is InChI=1S/C15H23N3O2/c1-20-12-9-17-15(19)13-7-6-8-16-14(13)18-10-4-2-3-5-11-18/h6-8H,2-5,9-12H2,1H3,(H,17,19). The zero-order chi connectivity index (χ0) is 14.2. The van der Waals surface area contributed by atoms with Crippen molar-refractivity contribution in [1.82, 2.24) is 10.3 Å². The van der Waals surface area contributed by atoms with E-state index >= 15 is 0 Å². The predicted octanol–water partition coefficient (Wildman–Crippen LogP) is 1.84. The van der Waals surface area contributed by atoms with E-state index in [1.54, 1.807) is 13.3 Å². The summed E-state index contributed by atoms with van der Waals surface area (Å²) in [4.78, 5) is 18.9. The molecule has 1 amide bonds. The summed E-state index contributed by atoms with van der Waals surface area (Å²) in [7, 11) is 1.62. The molecular weight excluding hydrogens is 254 g/mol. The quantitative estimate of drug-likeness (QED) is 0.834. The average molecular weight is 277 g/mol. The Balaban J connectivity index is 2.10. The monoisotopic (exact) mass is 277 g/mol. The molecule has 0 radical (unpaired) electrons. The van der Waals surface area contributed by atoms with Crippen LogP contribution in [0, 0.1) is 0 Å². The number of rotatable bonds is 5. The Morgan fingerprint density at radius 3 is 2.80 bits per heavy atom. The number of nitrogens with one attached hydrogen (secondary N) is 1. The average Bonchev–Trinajstić information content (AvgIpc) is 2.76. The van der Waals surface area contributed by atoms with Gasteiger partial charge in [-0.05, 0) is 25.0 Å². The van der Waals surface area contributed by atoms with Gasteiger partial charge in [-0.3, -0.25) is 4.79 Å². The first kappa shape index (κ1) is 14.8. The number of nitrogens with zero attached hydrogens (tertiary/aromatic N) is 2. The normalized spacial score (nSPS) is 15.8. The van der Waals surface area contributed by atoms with E-state index in [1.807, 2.05) is 12.1 Å². The maximum Gasteiger partial charge on any atom is 0.255 e. The second-order valence-electron chi connectivity index (χ2n) is 5.02. The third-order valence-corrected chi connectivity index (χ3v) is 3.53. The molecule has 2 rings (SSSR count). The number of carbonyl (C=O) groups is 1. The highest BCUT2D eigenvalue weighted by Gasteiger charge is 2.18. The van der Waals surface area contributed by atoms with Crippen molar-refractivity contribution in [2.24, 2.45) is 0 Å². The van der Waals surface area contributed by atoms with Crippen molar-refractivity contribution in [2.45, 2.75) is 25.7 Å².